The maximum absolute atomic E-state index is 12.8. The first-order valence-electron chi connectivity index (χ1n) is 11.4. The van der Waals surface area contributed by atoms with Crippen molar-refractivity contribution in [2.75, 3.05) is 13.2 Å². The number of nitrogens with one attached hydrogen (secondary N) is 1. The van der Waals surface area contributed by atoms with E-state index in [1.54, 1.807) is 17.0 Å². The highest BCUT2D eigenvalue weighted by molar-refractivity contribution is 7.09. The van der Waals surface area contributed by atoms with Gasteiger partial charge in [-0.05, 0) is 37.8 Å². The number of hydrogen-bond acceptors (Lipinski definition) is 8. The van der Waals surface area contributed by atoms with Crippen molar-refractivity contribution in [3.8, 4) is 17.2 Å². The predicted octanol–water partition coefficient (Wildman–Crippen LogP) is 3.34. The normalized spacial score (nSPS) is 12.1. The van der Waals surface area contributed by atoms with Gasteiger partial charge in [-0.15, -0.1) is 11.3 Å². The fraction of sp³-hybridized carbons (Fsp3) is 0.280. The number of ether oxygens (including phenoxy) is 1. The molecule has 35 heavy (non-hydrogen) atoms. The van der Waals surface area contributed by atoms with Crippen LogP contribution in [0.1, 0.15) is 49.6 Å². The van der Waals surface area contributed by atoms with Gasteiger partial charge in [0.25, 0.3) is 11.9 Å². The molecule has 3 aromatic heterocycles. The molecule has 3 heterocycles. The van der Waals surface area contributed by atoms with Gasteiger partial charge in [-0.2, -0.15) is 5.10 Å². The Labute approximate surface area is 206 Å². The van der Waals surface area contributed by atoms with Crippen molar-refractivity contribution in [1.82, 2.24) is 30.0 Å². The Bertz CT molecular complexity index is 1410. The van der Waals surface area contributed by atoms with Crippen LogP contribution in [-0.4, -0.2) is 49.8 Å². The predicted molar refractivity (Wildman–Crippen MR) is 131 cm³/mol. The third kappa shape index (κ3) is 4.57. The van der Waals surface area contributed by atoms with Gasteiger partial charge in [0.05, 0.1) is 34.8 Å². The molecule has 4 aromatic rings. The summed E-state index contributed by atoms with van der Waals surface area (Å²) in [6, 6.07) is 8.27. The average Bonchev–Trinajstić information content (AvgIpc) is 3.50. The highest BCUT2D eigenvalue weighted by atomic mass is 32.1. The highest BCUT2D eigenvalue weighted by Crippen LogP contribution is 2.31. The molecule has 1 amide bonds. The molecule has 0 atom stereocenters. The second-order valence-corrected chi connectivity index (χ2v) is 9.05. The van der Waals surface area contributed by atoms with E-state index in [0.29, 0.717) is 42.5 Å². The number of aromatic nitrogens is 5. The number of rotatable bonds is 7. The van der Waals surface area contributed by atoms with Gasteiger partial charge in [-0.25, -0.2) is 24.4 Å². The van der Waals surface area contributed by atoms with Crippen LogP contribution in [0.5, 0.6) is 0 Å². The van der Waals surface area contributed by atoms with Gasteiger partial charge in [0, 0.05) is 30.1 Å². The summed E-state index contributed by atoms with van der Waals surface area (Å²) in [7, 11) is 0. The third-order valence-corrected chi connectivity index (χ3v) is 6.80. The Morgan fingerprint density at radius 2 is 1.97 bits per heavy atom. The Hall–Kier alpha value is -3.92. The second-order valence-electron chi connectivity index (χ2n) is 8.11. The molecule has 1 aliphatic carbocycles. The molecule has 0 saturated heterocycles. The minimum Gasteiger partial charge on any atom is -0.461 e. The largest absolute Gasteiger partial charge is 0.461 e. The maximum atomic E-state index is 12.8. The molecule has 178 valence electrons. The molecule has 1 aromatic carbocycles. The lowest BCUT2D eigenvalue weighted by atomic mass is 9.90. The maximum Gasteiger partial charge on any atom is 0.357 e. The van der Waals surface area contributed by atoms with Crippen molar-refractivity contribution in [3.63, 3.8) is 0 Å². The van der Waals surface area contributed by atoms with Gasteiger partial charge < -0.3 is 10.1 Å². The molecule has 9 nitrogen and oxygen atoms in total. The minimum atomic E-state index is -0.435. The number of fused-ring (bicyclic) bond motifs is 3. The van der Waals surface area contributed by atoms with E-state index in [9.17, 15) is 9.59 Å². The summed E-state index contributed by atoms with van der Waals surface area (Å²) in [5.74, 6) is -0.236. The summed E-state index contributed by atoms with van der Waals surface area (Å²) in [6.45, 7) is 4.26. The lowest BCUT2D eigenvalue weighted by Crippen LogP contribution is -2.26. The van der Waals surface area contributed by atoms with E-state index in [2.05, 4.69) is 32.5 Å². The van der Waals surface area contributed by atoms with Crippen molar-refractivity contribution in [2.24, 2.45) is 0 Å². The molecule has 0 bridgehead atoms. The number of benzene rings is 1. The molecular formula is C25H24N6O3S. The Balaban J connectivity index is 1.27. The van der Waals surface area contributed by atoms with E-state index in [-0.39, 0.29) is 5.91 Å². The second kappa shape index (κ2) is 9.75. The first kappa shape index (κ1) is 22.9. The van der Waals surface area contributed by atoms with Crippen LogP contribution >= 0.6 is 11.3 Å². The van der Waals surface area contributed by atoms with Gasteiger partial charge in [0.1, 0.15) is 0 Å². The molecular weight excluding hydrogens is 464 g/mol. The van der Waals surface area contributed by atoms with Crippen molar-refractivity contribution >= 4 is 23.2 Å². The monoisotopic (exact) mass is 488 g/mol. The van der Waals surface area contributed by atoms with E-state index >= 15 is 0 Å². The van der Waals surface area contributed by atoms with Crippen LogP contribution in [0.3, 0.4) is 0 Å². The van der Waals surface area contributed by atoms with Gasteiger partial charge in [-0.1, -0.05) is 24.3 Å². The van der Waals surface area contributed by atoms with Gasteiger partial charge in [-0.3, -0.25) is 4.79 Å². The molecule has 10 heteroatoms. The standard InChI is InChI=1S/C25H24N6O3S/c1-3-34-24(33)20-14-35-21(29-20)10-11-26-23(32)19-13-28-31(15(19)2)25-27-12-17-9-8-16-6-4-5-7-18(16)22(17)30-25/h4-7,12-14H,3,8-11H2,1-2H3,(H,26,32). The third-order valence-electron chi connectivity index (χ3n) is 5.89. The molecule has 0 radical (unpaired) electrons. The lowest BCUT2D eigenvalue weighted by molar-refractivity contribution is 0.0520. The summed E-state index contributed by atoms with van der Waals surface area (Å²) in [5, 5.41) is 9.70. The van der Waals surface area contributed by atoms with E-state index < -0.39 is 5.97 Å². The van der Waals surface area contributed by atoms with E-state index in [1.165, 1.54) is 23.1 Å². The van der Waals surface area contributed by atoms with Crippen LogP contribution in [0.15, 0.2) is 42.0 Å². The summed E-state index contributed by atoms with van der Waals surface area (Å²) in [4.78, 5) is 38.1. The first-order valence-corrected chi connectivity index (χ1v) is 12.3. The molecule has 1 aliphatic rings. The molecule has 0 saturated carbocycles. The minimum absolute atomic E-state index is 0.237. The molecule has 0 spiro atoms. The lowest BCUT2D eigenvalue weighted by Gasteiger charge is -2.18. The van der Waals surface area contributed by atoms with Gasteiger partial charge in [0.2, 0.25) is 0 Å². The Kier molecular flexibility index (Phi) is 6.37. The first-order chi connectivity index (χ1) is 17.0. The van der Waals surface area contributed by atoms with E-state index in [0.717, 1.165) is 34.7 Å². The van der Waals surface area contributed by atoms with Crippen LogP contribution in [-0.2, 0) is 24.0 Å². The zero-order chi connectivity index (χ0) is 24.4. The smallest absolute Gasteiger partial charge is 0.357 e. The van der Waals surface area contributed by atoms with Crippen LogP contribution in [0.4, 0.5) is 0 Å². The van der Waals surface area contributed by atoms with Crippen LogP contribution in [0, 0.1) is 6.92 Å². The number of carbonyl (C=O) groups excluding carboxylic acids is 2. The van der Waals surface area contributed by atoms with Gasteiger partial charge in [0.15, 0.2) is 5.69 Å². The SMILES string of the molecule is CCOC(=O)c1csc(CCNC(=O)c2cnn(-c3ncc4c(n3)-c3ccccc3CC4)c2C)n1. The number of carbonyl (C=O) groups is 2. The topological polar surface area (TPSA) is 112 Å². The number of amides is 1. The average molecular weight is 489 g/mol. The van der Waals surface area contributed by atoms with Crippen LogP contribution in [0.25, 0.3) is 17.2 Å². The summed E-state index contributed by atoms with van der Waals surface area (Å²) >= 11 is 1.37. The quantitative estimate of drug-likeness (QED) is 0.397. The van der Waals surface area contributed by atoms with Crippen LogP contribution < -0.4 is 5.32 Å². The number of aryl methyl sites for hydroxylation is 2. The summed E-state index contributed by atoms with van der Waals surface area (Å²) < 4.78 is 6.55. The number of nitrogens with zero attached hydrogens (tertiary/aromatic N) is 5. The number of thiazole rings is 1. The van der Waals surface area contributed by atoms with Crippen LogP contribution in [0.2, 0.25) is 0 Å². The number of hydrogen-bond donors (Lipinski definition) is 1. The van der Waals surface area contributed by atoms with E-state index in [4.69, 9.17) is 9.72 Å². The summed E-state index contributed by atoms with van der Waals surface area (Å²) in [6.07, 6.45) is 5.77. The molecule has 0 unspecified atom stereocenters. The van der Waals surface area contributed by atoms with Crippen molar-refractivity contribution in [1.29, 1.82) is 0 Å². The fourth-order valence-electron chi connectivity index (χ4n) is 4.09. The Morgan fingerprint density at radius 3 is 2.83 bits per heavy atom. The Morgan fingerprint density at radius 1 is 1.14 bits per heavy atom. The zero-order valence-corrected chi connectivity index (χ0v) is 20.3. The molecule has 5 rings (SSSR count). The van der Waals surface area contributed by atoms with Crippen molar-refractivity contribution in [3.05, 3.63) is 75.1 Å². The molecule has 0 aliphatic heterocycles. The van der Waals surface area contributed by atoms with Crippen molar-refractivity contribution in [2.45, 2.75) is 33.1 Å². The highest BCUT2D eigenvalue weighted by Gasteiger charge is 2.21. The zero-order valence-electron chi connectivity index (χ0n) is 19.4. The van der Waals surface area contributed by atoms with E-state index in [1.807, 2.05) is 25.3 Å². The number of esters is 1. The molecule has 0 fully saturated rings. The van der Waals surface area contributed by atoms with Crippen molar-refractivity contribution < 1.29 is 14.3 Å². The summed E-state index contributed by atoms with van der Waals surface area (Å²) in [5.41, 5.74) is 5.84. The van der Waals surface area contributed by atoms with Gasteiger partial charge >= 0.3 is 5.97 Å². The fourth-order valence-corrected chi connectivity index (χ4v) is 4.86. The molecule has 1 N–H and O–H groups in total.